The summed E-state index contributed by atoms with van der Waals surface area (Å²) in [6.07, 6.45) is 4.84. The zero-order valence-electron chi connectivity index (χ0n) is 16.1. The number of benzene rings is 1. The van der Waals surface area contributed by atoms with Crippen molar-refractivity contribution in [3.63, 3.8) is 0 Å². The second-order valence-electron chi connectivity index (χ2n) is 6.43. The van der Waals surface area contributed by atoms with Gasteiger partial charge in [-0.1, -0.05) is 35.3 Å². The monoisotopic (exact) mass is 467 g/mol. The predicted octanol–water partition coefficient (Wildman–Crippen LogP) is 4.20. The van der Waals surface area contributed by atoms with E-state index < -0.39 is 17.8 Å². The first-order valence-corrected chi connectivity index (χ1v) is 10.9. The molecule has 0 bridgehead atoms. The lowest BCUT2D eigenvalue weighted by Crippen LogP contribution is -2.32. The molecule has 3 rings (SSSR count). The van der Waals surface area contributed by atoms with Crippen molar-refractivity contribution in [1.82, 2.24) is 5.43 Å². The normalized spacial score (nSPS) is 13.0. The summed E-state index contributed by atoms with van der Waals surface area (Å²) in [5, 5.41) is 7.21. The van der Waals surface area contributed by atoms with Gasteiger partial charge in [0.15, 0.2) is 0 Å². The Kier molecular flexibility index (Phi) is 7.47. The minimum atomic E-state index is -0.981. The highest BCUT2D eigenvalue weighted by atomic mass is 35.5. The fourth-order valence-electron chi connectivity index (χ4n) is 3.06. The van der Waals surface area contributed by atoms with Gasteiger partial charge in [0, 0.05) is 10.4 Å². The minimum Gasteiger partial charge on any atom is -0.462 e. The van der Waals surface area contributed by atoms with Crippen LogP contribution >= 0.6 is 34.5 Å². The zero-order valence-corrected chi connectivity index (χ0v) is 18.4. The van der Waals surface area contributed by atoms with E-state index in [4.69, 9.17) is 27.9 Å². The SMILES string of the molecule is CCOC(=O)c1c(NC(=O)C(=O)NN=Cc2cccc(Cl)c2Cl)sc2c1CCCC2. The zero-order chi connectivity index (χ0) is 21.7. The molecule has 0 saturated carbocycles. The van der Waals surface area contributed by atoms with E-state index in [0.717, 1.165) is 36.1 Å². The average molecular weight is 468 g/mol. The number of carbonyl (C=O) groups excluding carboxylic acids is 3. The molecule has 2 N–H and O–H groups in total. The lowest BCUT2D eigenvalue weighted by molar-refractivity contribution is -0.136. The lowest BCUT2D eigenvalue weighted by atomic mass is 9.95. The molecule has 0 aliphatic heterocycles. The number of carbonyl (C=O) groups is 3. The minimum absolute atomic E-state index is 0.220. The largest absolute Gasteiger partial charge is 0.462 e. The van der Waals surface area contributed by atoms with Crippen LogP contribution in [0.3, 0.4) is 0 Å². The maximum Gasteiger partial charge on any atom is 0.341 e. The second kappa shape index (κ2) is 10.1. The Bertz CT molecular complexity index is 1020. The highest BCUT2D eigenvalue weighted by Gasteiger charge is 2.28. The Hall–Kier alpha value is -2.42. The van der Waals surface area contributed by atoms with E-state index >= 15 is 0 Å². The van der Waals surface area contributed by atoms with Crippen molar-refractivity contribution in [2.75, 3.05) is 11.9 Å². The van der Waals surface area contributed by atoms with Gasteiger partial charge < -0.3 is 10.1 Å². The van der Waals surface area contributed by atoms with Crippen LogP contribution < -0.4 is 10.7 Å². The third-order valence-electron chi connectivity index (χ3n) is 4.44. The Morgan fingerprint density at radius 3 is 2.73 bits per heavy atom. The van der Waals surface area contributed by atoms with Crippen LogP contribution in [0, 0.1) is 0 Å². The lowest BCUT2D eigenvalue weighted by Gasteiger charge is -2.12. The highest BCUT2D eigenvalue weighted by Crippen LogP contribution is 2.38. The number of hydrazone groups is 1. The summed E-state index contributed by atoms with van der Waals surface area (Å²) in [5.41, 5.74) is 3.86. The molecule has 7 nitrogen and oxygen atoms in total. The molecule has 10 heteroatoms. The van der Waals surface area contributed by atoms with Gasteiger partial charge in [0.05, 0.1) is 28.4 Å². The molecule has 30 heavy (non-hydrogen) atoms. The maximum absolute atomic E-state index is 12.4. The first-order chi connectivity index (χ1) is 14.4. The van der Waals surface area contributed by atoms with E-state index in [9.17, 15) is 14.4 Å². The summed E-state index contributed by atoms with van der Waals surface area (Å²) >= 11 is 13.3. The Morgan fingerprint density at radius 2 is 1.97 bits per heavy atom. The average Bonchev–Trinajstić information content (AvgIpc) is 3.09. The number of halogens is 2. The molecule has 2 aromatic rings. The van der Waals surface area contributed by atoms with Gasteiger partial charge in [-0.05, 0) is 44.2 Å². The summed E-state index contributed by atoms with van der Waals surface area (Å²) < 4.78 is 5.14. The molecule has 1 aliphatic carbocycles. The van der Waals surface area contributed by atoms with Gasteiger partial charge in [-0.15, -0.1) is 11.3 Å². The van der Waals surface area contributed by atoms with Crippen LogP contribution in [0.15, 0.2) is 23.3 Å². The van der Waals surface area contributed by atoms with Crippen molar-refractivity contribution in [3.8, 4) is 0 Å². The van der Waals surface area contributed by atoms with E-state index in [2.05, 4.69) is 15.8 Å². The van der Waals surface area contributed by atoms with Crippen molar-refractivity contribution in [1.29, 1.82) is 0 Å². The smallest absolute Gasteiger partial charge is 0.341 e. The quantitative estimate of drug-likeness (QED) is 0.298. The maximum atomic E-state index is 12.4. The van der Waals surface area contributed by atoms with Gasteiger partial charge in [0.25, 0.3) is 0 Å². The second-order valence-corrected chi connectivity index (χ2v) is 8.32. The molecule has 158 valence electrons. The van der Waals surface area contributed by atoms with E-state index in [1.807, 2.05) is 0 Å². The number of anilines is 1. The fourth-order valence-corrected chi connectivity index (χ4v) is 4.69. The first-order valence-electron chi connectivity index (χ1n) is 9.32. The van der Waals surface area contributed by atoms with Gasteiger partial charge in [-0.25, -0.2) is 10.2 Å². The molecule has 0 fully saturated rings. The van der Waals surface area contributed by atoms with Crippen molar-refractivity contribution < 1.29 is 19.1 Å². The summed E-state index contributed by atoms with van der Waals surface area (Å²) in [6.45, 7) is 1.94. The predicted molar refractivity (Wildman–Crippen MR) is 118 cm³/mol. The van der Waals surface area contributed by atoms with Gasteiger partial charge >= 0.3 is 17.8 Å². The highest BCUT2D eigenvalue weighted by molar-refractivity contribution is 7.17. The van der Waals surface area contributed by atoms with Crippen LogP contribution in [0.25, 0.3) is 0 Å². The van der Waals surface area contributed by atoms with E-state index in [0.29, 0.717) is 21.2 Å². The van der Waals surface area contributed by atoms with Gasteiger partial charge in [0.2, 0.25) is 0 Å². The van der Waals surface area contributed by atoms with Crippen molar-refractivity contribution in [2.45, 2.75) is 32.6 Å². The van der Waals surface area contributed by atoms with Gasteiger partial charge in [-0.3, -0.25) is 9.59 Å². The molecular weight excluding hydrogens is 449 g/mol. The standard InChI is InChI=1S/C20H19Cl2N3O4S/c1-2-29-20(28)15-12-7-3-4-9-14(12)30-19(15)24-17(26)18(27)25-23-10-11-6-5-8-13(21)16(11)22/h5-6,8,10H,2-4,7,9H2,1H3,(H,24,26)(H,25,27). The Labute approximate surface area is 187 Å². The van der Waals surface area contributed by atoms with E-state index in [1.54, 1.807) is 25.1 Å². The molecule has 2 amide bonds. The van der Waals surface area contributed by atoms with Gasteiger partial charge in [0.1, 0.15) is 5.00 Å². The molecule has 0 saturated heterocycles. The fraction of sp³-hybridized carbons (Fsp3) is 0.300. The number of nitrogens with zero attached hydrogens (tertiary/aromatic N) is 1. The third kappa shape index (κ3) is 5.00. The van der Waals surface area contributed by atoms with Crippen LogP contribution in [-0.2, 0) is 27.2 Å². The molecule has 0 unspecified atom stereocenters. The van der Waals surface area contributed by atoms with Crippen LogP contribution in [0.4, 0.5) is 5.00 Å². The number of esters is 1. The number of ether oxygens (including phenoxy) is 1. The van der Waals surface area contributed by atoms with E-state index in [-0.39, 0.29) is 11.6 Å². The number of aryl methyl sites for hydroxylation is 1. The first kappa shape index (κ1) is 22.3. The molecular formula is C20H19Cl2N3O4S. The molecule has 0 atom stereocenters. The Morgan fingerprint density at radius 1 is 1.20 bits per heavy atom. The number of nitrogens with one attached hydrogen (secondary N) is 2. The number of hydrogen-bond donors (Lipinski definition) is 2. The van der Waals surface area contributed by atoms with Crippen molar-refractivity contribution in [3.05, 3.63) is 49.8 Å². The molecule has 0 spiro atoms. The number of hydrogen-bond acceptors (Lipinski definition) is 6. The molecule has 1 aromatic carbocycles. The molecule has 1 aromatic heterocycles. The number of rotatable bonds is 5. The van der Waals surface area contributed by atoms with Crippen LogP contribution in [0.5, 0.6) is 0 Å². The third-order valence-corrected chi connectivity index (χ3v) is 6.48. The molecule has 1 heterocycles. The topological polar surface area (TPSA) is 96.9 Å². The van der Waals surface area contributed by atoms with E-state index in [1.165, 1.54) is 17.6 Å². The molecule has 1 aliphatic rings. The Balaban J connectivity index is 1.71. The number of fused-ring (bicyclic) bond motifs is 1. The molecule has 0 radical (unpaired) electrons. The van der Waals surface area contributed by atoms with Crippen LogP contribution in [0.2, 0.25) is 10.0 Å². The number of thiophene rings is 1. The summed E-state index contributed by atoms with van der Waals surface area (Å²) in [4.78, 5) is 37.9. The summed E-state index contributed by atoms with van der Waals surface area (Å²) in [6, 6.07) is 4.96. The summed E-state index contributed by atoms with van der Waals surface area (Å²) in [5.74, 6) is -2.42. The number of amides is 2. The van der Waals surface area contributed by atoms with Crippen molar-refractivity contribution >= 4 is 63.5 Å². The van der Waals surface area contributed by atoms with Gasteiger partial charge in [-0.2, -0.15) is 5.10 Å². The van der Waals surface area contributed by atoms with Crippen LogP contribution in [-0.4, -0.2) is 30.6 Å². The summed E-state index contributed by atoms with van der Waals surface area (Å²) in [7, 11) is 0. The van der Waals surface area contributed by atoms with Crippen molar-refractivity contribution in [2.24, 2.45) is 5.10 Å². The van der Waals surface area contributed by atoms with Crippen LogP contribution in [0.1, 0.15) is 46.1 Å².